The molecular weight excluding hydrogens is 324 g/mol. The van der Waals surface area contributed by atoms with Gasteiger partial charge in [0, 0.05) is 18.6 Å². The van der Waals surface area contributed by atoms with Crippen molar-refractivity contribution in [3.63, 3.8) is 0 Å². The zero-order valence-electron chi connectivity index (χ0n) is 15.3. The van der Waals surface area contributed by atoms with Crippen molar-refractivity contribution in [3.8, 4) is 0 Å². The number of benzene rings is 1. The predicted octanol–water partition coefficient (Wildman–Crippen LogP) is 1.98. The molecule has 0 saturated carbocycles. The van der Waals surface area contributed by atoms with E-state index in [-0.39, 0.29) is 17.8 Å². The minimum absolute atomic E-state index is 0.0367. The van der Waals surface area contributed by atoms with E-state index in [0.29, 0.717) is 6.54 Å². The molecule has 0 atom stereocenters. The van der Waals surface area contributed by atoms with Gasteiger partial charge in [0.05, 0.1) is 12.3 Å². The van der Waals surface area contributed by atoms with Crippen LogP contribution in [0.5, 0.6) is 0 Å². The van der Waals surface area contributed by atoms with Crippen LogP contribution in [-0.2, 0) is 22.3 Å². The summed E-state index contributed by atoms with van der Waals surface area (Å²) in [4.78, 5) is 4.55. The van der Waals surface area contributed by atoms with Gasteiger partial charge in [0.25, 0.3) is 0 Å². The van der Waals surface area contributed by atoms with E-state index in [0.717, 1.165) is 23.6 Å². The van der Waals surface area contributed by atoms with Gasteiger partial charge >= 0.3 is 0 Å². The van der Waals surface area contributed by atoms with Crippen molar-refractivity contribution < 1.29 is 8.42 Å². The van der Waals surface area contributed by atoms with Gasteiger partial charge in [-0.2, -0.15) is 0 Å². The monoisotopic (exact) mass is 354 g/mol. The summed E-state index contributed by atoms with van der Waals surface area (Å²) in [5.74, 6) is 0.691. The molecule has 0 unspecified atom stereocenters. The smallest absolute Gasteiger partial charge is 0.216 e. The average Bonchev–Trinajstić information content (AvgIpc) is 2.44. The Hall–Kier alpha value is -1.60. The Labute approximate surface area is 146 Å². The number of hydrogen-bond acceptors (Lipinski definition) is 3. The highest BCUT2D eigenvalue weighted by atomic mass is 32.2. The molecule has 0 aromatic heterocycles. The van der Waals surface area contributed by atoms with Gasteiger partial charge in [0.15, 0.2) is 5.96 Å². The number of nitrogens with one attached hydrogen (secondary N) is 3. The van der Waals surface area contributed by atoms with Crippen molar-refractivity contribution in [1.29, 1.82) is 0 Å². The lowest BCUT2D eigenvalue weighted by molar-refractivity contribution is 0.569. The van der Waals surface area contributed by atoms with Crippen LogP contribution in [0, 0.1) is 0 Å². The maximum atomic E-state index is 12.2. The van der Waals surface area contributed by atoms with Crippen molar-refractivity contribution in [1.82, 2.24) is 15.4 Å². The van der Waals surface area contributed by atoms with Crippen molar-refractivity contribution in [2.75, 3.05) is 6.54 Å². The quantitative estimate of drug-likeness (QED) is 0.492. The summed E-state index contributed by atoms with van der Waals surface area (Å²) >= 11 is 0. The first kappa shape index (κ1) is 20.4. The molecule has 136 valence electrons. The minimum atomic E-state index is -3.35. The van der Waals surface area contributed by atoms with Crippen LogP contribution in [0.15, 0.2) is 29.3 Å². The molecule has 0 radical (unpaired) electrons. The molecule has 3 N–H and O–H groups in total. The van der Waals surface area contributed by atoms with Crippen molar-refractivity contribution >= 4 is 16.0 Å². The molecule has 1 aromatic rings. The summed E-state index contributed by atoms with van der Waals surface area (Å²) in [6, 6.07) is 7.67. The SMILES string of the molecule is CCNC(=NCc1ccccc1CS(=O)(=O)NC(C)C)NC(C)C. The van der Waals surface area contributed by atoms with Gasteiger partial charge in [-0.1, -0.05) is 24.3 Å². The van der Waals surface area contributed by atoms with Crippen LogP contribution >= 0.6 is 0 Å². The lowest BCUT2D eigenvalue weighted by Gasteiger charge is -2.15. The van der Waals surface area contributed by atoms with E-state index in [1.807, 2.05) is 58.9 Å². The number of aliphatic imine (C=N–C) groups is 1. The zero-order valence-corrected chi connectivity index (χ0v) is 16.1. The molecule has 1 rings (SSSR count). The Morgan fingerprint density at radius 3 is 2.25 bits per heavy atom. The predicted molar refractivity (Wildman–Crippen MR) is 100 cm³/mol. The van der Waals surface area contributed by atoms with E-state index >= 15 is 0 Å². The van der Waals surface area contributed by atoms with Crippen molar-refractivity contribution in [3.05, 3.63) is 35.4 Å². The molecule has 0 aliphatic heterocycles. The van der Waals surface area contributed by atoms with Crippen LogP contribution in [0.2, 0.25) is 0 Å². The molecule has 0 saturated heterocycles. The third kappa shape index (κ3) is 7.79. The Kier molecular flexibility index (Phi) is 8.21. The van der Waals surface area contributed by atoms with Gasteiger partial charge in [-0.3, -0.25) is 0 Å². The van der Waals surface area contributed by atoms with Crippen LogP contribution in [0.25, 0.3) is 0 Å². The second-order valence-corrected chi connectivity index (χ2v) is 8.05. The number of guanidine groups is 1. The van der Waals surface area contributed by atoms with Crippen LogP contribution in [0.1, 0.15) is 45.7 Å². The number of sulfonamides is 1. The molecule has 0 bridgehead atoms. The highest BCUT2D eigenvalue weighted by Crippen LogP contribution is 2.13. The molecule has 24 heavy (non-hydrogen) atoms. The minimum Gasteiger partial charge on any atom is -0.357 e. The van der Waals surface area contributed by atoms with E-state index < -0.39 is 10.0 Å². The molecule has 0 aliphatic rings. The molecule has 0 aliphatic carbocycles. The molecule has 0 amide bonds. The molecule has 1 aromatic carbocycles. The standard InChI is InChI=1S/C17H30N4O2S/c1-6-18-17(20-13(2)3)19-11-15-9-7-8-10-16(15)12-24(22,23)21-14(4)5/h7-10,13-14,21H,6,11-12H2,1-5H3,(H2,18,19,20). The Bertz CT molecular complexity index is 640. The van der Waals surface area contributed by atoms with Gasteiger partial charge in [0.1, 0.15) is 0 Å². The van der Waals surface area contributed by atoms with E-state index in [1.165, 1.54) is 0 Å². The molecule has 6 nitrogen and oxygen atoms in total. The van der Waals surface area contributed by atoms with E-state index in [9.17, 15) is 8.42 Å². The largest absolute Gasteiger partial charge is 0.357 e. The maximum Gasteiger partial charge on any atom is 0.216 e. The molecule has 7 heteroatoms. The average molecular weight is 355 g/mol. The van der Waals surface area contributed by atoms with Crippen molar-refractivity contribution in [2.24, 2.45) is 4.99 Å². The first-order valence-electron chi connectivity index (χ1n) is 8.35. The van der Waals surface area contributed by atoms with E-state index in [1.54, 1.807) is 0 Å². The third-order valence-corrected chi connectivity index (χ3v) is 4.58. The third-order valence-electron chi connectivity index (χ3n) is 3.06. The first-order chi connectivity index (χ1) is 11.2. The molecule has 0 spiro atoms. The lowest BCUT2D eigenvalue weighted by Crippen LogP contribution is -2.41. The highest BCUT2D eigenvalue weighted by Gasteiger charge is 2.15. The lowest BCUT2D eigenvalue weighted by atomic mass is 10.1. The Balaban J connectivity index is 2.93. The fourth-order valence-electron chi connectivity index (χ4n) is 2.22. The fraction of sp³-hybridized carbons (Fsp3) is 0.588. The summed E-state index contributed by atoms with van der Waals surface area (Å²) < 4.78 is 27.0. The normalized spacial score (nSPS) is 12.7. The van der Waals surface area contributed by atoms with Crippen LogP contribution in [-0.4, -0.2) is 33.0 Å². The summed E-state index contributed by atoms with van der Waals surface area (Å²) in [5, 5.41) is 6.44. The fourth-order valence-corrected chi connectivity index (χ4v) is 3.71. The van der Waals surface area contributed by atoms with Gasteiger partial charge < -0.3 is 10.6 Å². The molecular formula is C17H30N4O2S. The summed E-state index contributed by atoms with van der Waals surface area (Å²) in [6.07, 6.45) is 0. The number of hydrogen-bond donors (Lipinski definition) is 3. The van der Waals surface area contributed by atoms with Gasteiger partial charge in [-0.05, 0) is 45.7 Å². The second-order valence-electron chi connectivity index (χ2n) is 6.29. The first-order valence-corrected chi connectivity index (χ1v) is 10.0. The zero-order chi connectivity index (χ0) is 18.2. The topological polar surface area (TPSA) is 82.6 Å². The summed E-state index contributed by atoms with van der Waals surface area (Å²) in [6.45, 7) is 10.9. The second kappa shape index (κ2) is 9.64. The molecule has 0 fully saturated rings. The van der Waals surface area contributed by atoms with Crippen LogP contribution < -0.4 is 15.4 Å². The van der Waals surface area contributed by atoms with Gasteiger partial charge in [-0.15, -0.1) is 0 Å². The maximum absolute atomic E-state index is 12.2. The van der Waals surface area contributed by atoms with Gasteiger partial charge in [-0.25, -0.2) is 18.1 Å². The summed E-state index contributed by atoms with van der Waals surface area (Å²) in [7, 11) is -3.35. The molecule has 0 heterocycles. The number of rotatable bonds is 8. The Morgan fingerprint density at radius 2 is 1.71 bits per heavy atom. The van der Waals surface area contributed by atoms with E-state index in [4.69, 9.17) is 0 Å². The highest BCUT2D eigenvalue weighted by molar-refractivity contribution is 7.88. The Morgan fingerprint density at radius 1 is 1.08 bits per heavy atom. The van der Waals surface area contributed by atoms with Crippen LogP contribution in [0.4, 0.5) is 0 Å². The van der Waals surface area contributed by atoms with Crippen LogP contribution in [0.3, 0.4) is 0 Å². The number of nitrogens with zero attached hydrogens (tertiary/aromatic N) is 1. The van der Waals surface area contributed by atoms with Crippen molar-refractivity contribution in [2.45, 2.75) is 59.0 Å². The van der Waals surface area contributed by atoms with E-state index in [2.05, 4.69) is 20.3 Å². The van der Waals surface area contributed by atoms with Gasteiger partial charge in [0.2, 0.25) is 10.0 Å². The summed E-state index contributed by atoms with van der Waals surface area (Å²) in [5.41, 5.74) is 1.68.